The van der Waals surface area contributed by atoms with Gasteiger partial charge in [-0.2, -0.15) is 0 Å². The monoisotopic (exact) mass is 172 g/mol. The minimum atomic E-state index is -0.346. The quantitative estimate of drug-likeness (QED) is 0.612. The molecule has 0 fully saturated rings. The highest BCUT2D eigenvalue weighted by Gasteiger charge is 2.27. The van der Waals surface area contributed by atoms with Gasteiger partial charge in [0.2, 0.25) is 0 Å². The molecule has 2 nitrogen and oxygen atoms in total. The molecular weight excluding hydrogens is 152 g/mol. The van der Waals surface area contributed by atoms with Gasteiger partial charge in [-0.25, -0.2) is 0 Å². The number of carbonyl (C=O) groups is 1. The van der Waals surface area contributed by atoms with Crippen LogP contribution < -0.4 is 0 Å². The summed E-state index contributed by atoms with van der Waals surface area (Å²) < 4.78 is 5.32. The van der Waals surface area contributed by atoms with Gasteiger partial charge in [-0.3, -0.25) is 4.79 Å². The lowest BCUT2D eigenvalue weighted by Gasteiger charge is -2.29. The maximum absolute atomic E-state index is 11.2. The van der Waals surface area contributed by atoms with Gasteiger partial charge in [0.1, 0.15) is 5.60 Å². The molecule has 0 unspecified atom stereocenters. The first kappa shape index (κ1) is 11.5. The molecule has 2 heteroatoms. The van der Waals surface area contributed by atoms with Gasteiger partial charge >= 0.3 is 5.97 Å². The molecule has 12 heavy (non-hydrogen) atoms. The van der Waals surface area contributed by atoms with E-state index < -0.39 is 0 Å². The Morgan fingerprint density at radius 2 is 1.58 bits per heavy atom. The second kappa shape index (κ2) is 3.92. The third kappa shape index (κ3) is 3.24. The second-order valence-electron chi connectivity index (χ2n) is 4.33. The fourth-order valence-electron chi connectivity index (χ4n) is 0.495. The van der Waals surface area contributed by atoms with E-state index in [1.807, 2.05) is 41.5 Å². The van der Waals surface area contributed by atoms with Crippen molar-refractivity contribution in [2.24, 2.45) is 11.8 Å². The predicted molar refractivity (Wildman–Crippen MR) is 49.8 cm³/mol. The van der Waals surface area contributed by atoms with E-state index in [1.54, 1.807) is 0 Å². The zero-order valence-electron chi connectivity index (χ0n) is 8.97. The van der Waals surface area contributed by atoms with Crippen LogP contribution in [0.4, 0.5) is 0 Å². The number of esters is 1. The first-order valence-electron chi connectivity index (χ1n) is 4.50. The SMILES string of the molecule is CC(C)C(=O)OC(C)(C)C(C)C. The number of rotatable bonds is 3. The van der Waals surface area contributed by atoms with E-state index in [0.717, 1.165) is 0 Å². The smallest absolute Gasteiger partial charge is 0.308 e. The van der Waals surface area contributed by atoms with E-state index in [2.05, 4.69) is 0 Å². The summed E-state index contributed by atoms with van der Waals surface area (Å²) in [5, 5.41) is 0. The van der Waals surface area contributed by atoms with Crippen molar-refractivity contribution in [1.29, 1.82) is 0 Å². The van der Waals surface area contributed by atoms with Crippen LogP contribution in [0.15, 0.2) is 0 Å². The third-order valence-electron chi connectivity index (χ3n) is 2.23. The fraction of sp³-hybridized carbons (Fsp3) is 0.900. The average molecular weight is 172 g/mol. The molecule has 0 bridgehead atoms. The Morgan fingerprint density at radius 3 is 1.83 bits per heavy atom. The highest BCUT2D eigenvalue weighted by Crippen LogP contribution is 2.21. The molecule has 0 aliphatic rings. The second-order valence-corrected chi connectivity index (χ2v) is 4.33. The molecule has 0 saturated heterocycles. The van der Waals surface area contributed by atoms with Crippen LogP contribution in [-0.4, -0.2) is 11.6 Å². The molecule has 0 rings (SSSR count). The van der Waals surface area contributed by atoms with Crippen molar-refractivity contribution in [3.63, 3.8) is 0 Å². The first-order chi connectivity index (χ1) is 5.27. The zero-order chi connectivity index (χ0) is 9.94. The highest BCUT2D eigenvalue weighted by atomic mass is 16.6. The molecule has 0 N–H and O–H groups in total. The molecule has 0 aromatic rings. The topological polar surface area (TPSA) is 26.3 Å². The minimum absolute atomic E-state index is 0.0389. The van der Waals surface area contributed by atoms with Gasteiger partial charge in [-0.1, -0.05) is 27.7 Å². The van der Waals surface area contributed by atoms with Crippen molar-refractivity contribution in [2.45, 2.75) is 47.1 Å². The van der Waals surface area contributed by atoms with E-state index in [-0.39, 0.29) is 17.5 Å². The molecule has 0 aromatic carbocycles. The average Bonchev–Trinajstić information content (AvgIpc) is 1.85. The van der Waals surface area contributed by atoms with Crippen LogP contribution >= 0.6 is 0 Å². The van der Waals surface area contributed by atoms with Crippen molar-refractivity contribution in [2.75, 3.05) is 0 Å². The number of ether oxygens (including phenoxy) is 1. The van der Waals surface area contributed by atoms with Crippen LogP contribution in [0, 0.1) is 11.8 Å². The lowest BCUT2D eigenvalue weighted by molar-refractivity contribution is -0.164. The van der Waals surface area contributed by atoms with Gasteiger partial charge in [0, 0.05) is 0 Å². The summed E-state index contributed by atoms with van der Waals surface area (Å²) >= 11 is 0. The van der Waals surface area contributed by atoms with E-state index in [9.17, 15) is 4.79 Å². The summed E-state index contributed by atoms with van der Waals surface area (Å²) in [7, 11) is 0. The standard InChI is InChI=1S/C10H20O2/c1-7(2)9(11)12-10(5,6)8(3)4/h7-8H,1-6H3. The van der Waals surface area contributed by atoms with Crippen molar-refractivity contribution in [3.05, 3.63) is 0 Å². The Bertz CT molecular complexity index is 157. The van der Waals surface area contributed by atoms with Gasteiger partial charge in [0.05, 0.1) is 5.92 Å². The minimum Gasteiger partial charge on any atom is -0.459 e. The lowest BCUT2D eigenvalue weighted by Crippen LogP contribution is -2.35. The molecule has 0 spiro atoms. The predicted octanol–water partition coefficient (Wildman–Crippen LogP) is 2.62. The van der Waals surface area contributed by atoms with Gasteiger partial charge in [-0.05, 0) is 19.8 Å². The molecule has 0 amide bonds. The summed E-state index contributed by atoms with van der Waals surface area (Å²) in [6.45, 7) is 11.7. The van der Waals surface area contributed by atoms with Crippen molar-refractivity contribution in [1.82, 2.24) is 0 Å². The van der Waals surface area contributed by atoms with Gasteiger partial charge in [0.25, 0.3) is 0 Å². The lowest BCUT2D eigenvalue weighted by atomic mass is 9.94. The van der Waals surface area contributed by atoms with Crippen molar-refractivity contribution in [3.8, 4) is 0 Å². The van der Waals surface area contributed by atoms with Gasteiger partial charge in [0.15, 0.2) is 0 Å². The summed E-state index contributed by atoms with van der Waals surface area (Å²) in [6.07, 6.45) is 0. The van der Waals surface area contributed by atoms with Crippen LogP contribution in [0.1, 0.15) is 41.5 Å². The van der Waals surface area contributed by atoms with Crippen LogP contribution in [0.3, 0.4) is 0 Å². The molecule has 0 saturated carbocycles. The van der Waals surface area contributed by atoms with Crippen LogP contribution in [0.25, 0.3) is 0 Å². The molecule has 0 radical (unpaired) electrons. The molecule has 0 aliphatic heterocycles. The van der Waals surface area contributed by atoms with Gasteiger partial charge in [-0.15, -0.1) is 0 Å². The van der Waals surface area contributed by atoms with Crippen LogP contribution in [0.5, 0.6) is 0 Å². The summed E-state index contributed by atoms with van der Waals surface area (Å²) in [4.78, 5) is 11.2. The Balaban J connectivity index is 4.15. The van der Waals surface area contributed by atoms with Crippen LogP contribution in [-0.2, 0) is 9.53 Å². The summed E-state index contributed by atoms with van der Waals surface area (Å²) in [5.74, 6) is 0.192. The Hall–Kier alpha value is -0.530. The van der Waals surface area contributed by atoms with Crippen LogP contribution in [0.2, 0.25) is 0 Å². The number of hydrogen-bond donors (Lipinski definition) is 0. The molecule has 72 valence electrons. The van der Waals surface area contributed by atoms with E-state index in [0.29, 0.717) is 5.92 Å². The maximum atomic E-state index is 11.2. The molecule has 0 aromatic heterocycles. The first-order valence-corrected chi connectivity index (χ1v) is 4.50. The Kier molecular flexibility index (Phi) is 3.75. The van der Waals surface area contributed by atoms with E-state index >= 15 is 0 Å². The third-order valence-corrected chi connectivity index (χ3v) is 2.23. The normalized spacial score (nSPS) is 12.3. The van der Waals surface area contributed by atoms with Gasteiger partial charge < -0.3 is 4.74 Å². The molecular formula is C10H20O2. The van der Waals surface area contributed by atoms with E-state index in [1.165, 1.54) is 0 Å². The van der Waals surface area contributed by atoms with Crippen molar-refractivity contribution >= 4 is 5.97 Å². The Labute approximate surface area is 75.3 Å². The van der Waals surface area contributed by atoms with Crippen molar-refractivity contribution < 1.29 is 9.53 Å². The molecule has 0 atom stereocenters. The molecule has 0 aliphatic carbocycles. The fourth-order valence-corrected chi connectivity index (χ4v) is 0.495. The highest BCUT2D eigenvalue weighted by molar-refractivity contribution is 5.71. The molecule has 0 heterocycles. The van der Waals surface area contributed by atoms with E-state index in [4.69, 9.17) is 4.74 Å². The summed E-state index contributed by atoms with van der Waals surface area (Å²) in [5.41, 5.74) is -0.346. The zero-order valence-corrected chi connectivity index (χ0v) is 8.97. The maximum Gasteiger partial charge on any atom is 0.308 e. The largest absolute Gasteiger partial charge is 0.459 e. The number of hydrogen-bond acceptors (Lipinski definition) is 2. The number of carbonyl (C=O) groups excluding carboxylic acids is 1. The summed E-state index contributed by atoms with van der Waals surface area (Å²) in [6, 6.07) is 0. The Morgan fingerprint density at radius 1 is 1.17 bits per heavy atom.